The van der Waals surface area contributed by atoms with E-state index in [1.165, 1.54) is 0 Å². The summed E-state index contributed by atoms with van der Waals surface area (Å²) in [6.07, 6.45) is 0. The zero-order valence-electron chi connectivity index (χ0n) is 10.5. The molecule has 5 heteroatoms. The van der Waals surface area contributed by atoms with Crippen LogP contribution in [0.2, 0.25) is 0 Å². The minimum absolute atomic E-state index is 0.0829. The van der Waals surface area contributed by atoms with Gasteiger partial charge in [0.2, 0.25) is 0 Å². The lowest BCUT2D eigenvalue weighted by molar-refractivity contribution is -0.135. The molecule has 3 aromatic rings. The molecule has 0 saturated heterocycles. The van der Waals surface area contributed by atoms with Crippen molar-refractivity contribution >= 4 is 33.7 Å². The van der Waals surface area contributed by atoms with E-state index in [0.717, 1.165) is 21.9 Å². The second kappa shape index (κ2) is 4.70. The number of para-hydroxylation sites is 1. The number of aliphatic carboxylic acids is 1. The highest BCUT2D eigenvalue weighted by atomic mass is 16.4. The molecule has 0 aliphatic rings. The van der Waals surface area contributed by atoms with Crippen LogP contribution in [0.3, 0.4) is 0 Å². The average molecular weight is 268 g/mol. The fourth-order valence-electron chi connectivity index (χ4n) is 2.15. The Hall–Kier alpha value is -2.82. The van der Waals surface area contributed by atoms with Crippen molar-refractivity contribution in [1.29, 1.82) is 5.41 Å². The number of amidine groups is 1. The number of hydrogen-bond donors (Lipinski definition) is 3. The van der Waals surface area contributed by atoms with Gasteiger partial charge in [-0.3, -0.25) is 10.2 Å². The van der Waals surface area contributed by atoms with Crippen molar-refractivity contribution in [3.63, 3.8) is 0 Å². The summed E-state index contributed by atoms with van der Waals surface area (Å²) in [6.45, 7) is -0.275. The Balaban J connectivity index is 2.03. The van der Waals surface area contributed by atoms with Gasteiger partial charge in [-0.2, -0.15) is 0 Å². The lowest BCUT2D eigenvalue weighted by Gasteiger charge is -2.05. The first kappa shape index (κ1) is 12.2. The van der Waals surface area contributed by atoms with E-state index in [9.17, 15) is 4.79 Å². The third kappa shape index (κ3) is 2.09. The van der Waals surface area contributed by atoms with E-state index in [1.807, 2.05) is 30.3 Å². The van der Waals surface area contributed by atoms with Crippen molar-refractivity contribution in [3.05, 3.63) is 48.0 Å². The summed E-state index contributed by atoms with van der Waals surface area (Å²) in [5, 5.41) is 20.9. The Morgan fingerprint density at radius 2 is 1.90 bits per heavy atom. The Morgan fingerprint density at radius 1 is 1.15 bits per heavy atom. The monoisotopic (exact) mass is 268 g/mol. The highest BCUT2D eigenvalue weighted by Crippen LogP contribution is 2.28. The molecule has 100 valence electrons. The summed E-state index contributed by atoms with van der Waals surface area (Å²) >= 11 is 0. The molecular weight excluding hydrogens is 256 g/mol. The molecule has 1 heterocycles. The van der Waals surface area contributed by atoms with Gasteiger partial charge < -0.3 is 14.8 Å². The molecule has 0 radical (unpaired) electrons. The number of rotatable bonds is 3. The minimum atomic E-state index is -0.996. The summed E-state index contributed by atoms with van der Waals surface area (Å²) in [4.78, 5) is 10.5. The van der Waals surface area contributed by atoms with Crippen LogP contribution < -0.4 is 5.32 Å². The highest BCUT2D eigenvalue weighted by Gasteiger charge is 2.09. The van der Waals surface area contributed by atoms with Gasteiger partial charge in [-0.15, -0.1) is 0 Å². The highest BCUT2D eigenvalue weighted by molar-refractivity contribution is 6.08. The van der Waals surface area contributed by atoms with Gasteiger partial charge in [-0.05, 0) is 24.3 Å². The molecule has 0 fully saturated rings. The topological polar surface area (TPSA) is 86.3 Å². The van der Waals surface area contributed by atoms with E-state index < -0.39 is 5.97 Å². The molecule has 20 heavy (non-hydrogen) atoms. The number of benzene rings is 2. The first-order valence-corrected chi connectivity index (χ1v) is 6.11. The molecule has 0 unspecified atom stereocenters. The summed E-state index contributed by atoms with van der Waals surface area (Å²) in [5.74, 6) is -0.913. The van der Waals surface area contributed by atoms with Gasteiger partial charge in [-0.25, -0.2) is 0 Å². The molecule has 0 aliphatic carbocycles. The van der Waals surface area contributed by atoms with E-state index in [2.05, 4.69) is 5.32 Å². The van der Waals surface area contributed by atoms with E-state index >= 15 is 0 Å². The third-order valence-electron chi connectivity index (χ3n) is 3.08. The summed E-state index contributed by atoms with van der Waals surface area (Å²) in [7, 11) is 0. The number of carboxylic acid groups (broad SMARTS) is 1. The Kier molecular flexibility index (Phi) is 2.87. The smallest absolute Gasteiger partial charge is 0.322 e. The maximum absolute atomic E-state index is 10.5. The molecule has 0 atom stereocenters. The summed E-state index contributed by atoms with van der Waals surface area (Å²) < 4.78 is 5.70. The van der Waals surface area contributed by atoms with Gasteiger partial charge in [0.15, 0.2) is 0 Å². The number of carbonyl (C=O) groups is 1. The van der Waals surface area contributed by atoms with E-state index in [0.29, 0.717) is 5.56 Å². The second-order valence-corrected chi connectivity index (χ2v) is 4.43. The van der Waals surface area contributed by atoms with Gasteiger partial charge in [0.25, 0.3) is 0 Å². The van der Waals surface area contributed by atoms with Crippen molar-refractivity contribution in [1.82, 2.24) is 5.32 Å². The predicted octanol–water partition coefficient (Wildman–Crippen LogP) is 2.59. The van der Waals surface area contributed by atoms with Crippen LogP contribution in [0.15, 0.2) is 46.9 Å². The molecule has 5 nitrogen and oxygen atoms in total. The Labute approximate surface area is 114 Å². The SMILES string of the molecule is N=C(NCC(=O)O)c1ccc2oc3ccccc3c2c1. The van der Waals surface area contributed by atoms with E-state index in [-0.39, 0.29) is 12.4 Å². The average Bonchev–Trinajstić information content (AvgIpc) is 2.82. The maximum atomic E-state index is 10.5. The number of hydrogen-bond acceptors (Lipinski definition) is 3. The van der Waals surface area contributed by atoms with Crippen molar-refractivity contribution < 1.29 is 14.3 Å². The minimum Gasteiger partial charge on any atom is -0.480 e. The predicted molar refractivity (Wildman–Crippen MR) is 76.2 cm³/mol. The normalized spacial score (nSPS) is 10.8. The number of fused-ring (bicyclic) bond motifs is 3. The fourth-order valence-corrected chi connectivity index (χ4v) is 2.15. The van der Waals surface area contributed by atoms with Crippen LogP contribution in [0.5, 0.6) is 0 Å². The number of furan rings is 1. The van der Waals surface area contributed by atoms with Crippen LogP contribution in [0.4, 0.5) is 0 Å². The van der Waals surface area contributed by atoms with Crippen molar-refractivity contribution in [2.45, 2.75) is 0 Å². The number of carboxylic acids is 1. The number of nitrogens with one attached hydrogen (secondary N) is 2. The molecular formula is C15H12N2O3. The zero-order valence-corrected chi connectivity index (χ0v) is 10.5. The van der Waals surface area contributed by atoms with Crippen molar-refractivity contribution in [2.24, 2.45) is 0 Å². The zero-order chi connectivity index (χ0) is 14.1. The first-order valence-electron chi connectivity index (χ1n) is 6.11. The standard InChI is InChI=1S/C15H12N2O3/c16-15(17-8-14(18)19)9-5-6-13-11(7-9)10-3-1-2-4-12(10)20-13/h1-7H,8H2,(H2,16,17)(H,18,19). The Morgan fingerprint density at radius 3 is 2.70 bits per heavy atom. The molecule has 0 spiro atoms. The molecule has 2 aromatic carbocycles. The lowest BCUT2D eigenvalue weighted by Crippen LogP contribution is -2.29. The van der Waals surface area contributed by atoms with Gasteiger partial charge >= 0.3 is 5.97 Å². The van der Waals surface area contributed by atoms with Crippen LogP contribution >= 0.6 is 0 Å². The summed E-state index contributed by atoms with van der Waals surface area (Å²) in [6, 6.07) is 13.0. The largest absolute Gasteiger partial charge is 0.480 e. The molecule has 0 amide bonds. The molecule has 0 bridgehead atoms. The molecule has 3 rings (SSSR count). The van der Waals surface area contributed by atoms with Crippen LogP contribution in [-0.4, -0.2) is 23.5 Å². The van der Waals surface area contributed by atoms with E-state index in [1.54, 1.807) is 12.1 Å². The lowest BCUT2D eigenvalue weighted by atomic mass is 10.1. The molecule has 0 saturated carbocycles. The third-order valence-corrected chi connectivity index (χ3v) is 3.08. The fraction of sp³-hybridized carbons (Fsp3) is 0.0667. The van der Waals surface area contributed by atoms with Crippen LogP contribution in [-0.2, 0) is 4.79 Å². The molecule has 0 aliphatic heterocycles. The van der Waals surface area contributed by atoms with Gasteiger partial charge in [0, 0.05) is 16.3 Å². The second-order valence-electron chi connectivity index (χ2n) is 4.43. The Bertz CT molecular complexity index is 820. The summed E-state index contributed by atoms with van der Waals surface area (Å²) in [5.41, 5.74) is 2.18. The van der Waals surface area contributed by atoms with Gasteiger partial charge in [-0.1, -0.05) is 18.2 Å². The van der Waals surface area contributed by atoms with Crippen LogP contribution in [0, 0.1) is 5.41 Å². The molecule has 3 N–H and O–H groups in total. The van der Waals surface area contributed by atoms with Crippen molar-refractivity contribution in [2.75, 3.05) is 6.54 Å². The van der Waals surface area contributed by atoms with E-state index in [4.69, 9.17) is 14.9 Å². The quantitative estimate of drug-likeness (QED) is 0.503. The van der Waals surface area contributed by atoms with Gasteiger partial charge in [0.05, 0.1) is 0 Å². The first-order chi connectivity index (χ1) is 9.65. The van der Waals surface area contributed by atoms with Crippen molar-refractivity contribution in [3.8, 4) is 0 Å². The van der Waals surface area contributed by atoms with Gasteiger partial charge in [0.1, 0.15) is 23.5 Å². The van der Waals surface area contributed by atoms with Crippen LogP contribution in [0.1, 0.15) is 5.56 Å². The maximum Gasteiger partial charge on any atom is 0.322 e. The molecule has 1 aromatic heterocycles. The van der Waals surface area contributed by atoms with Crippen LogP contribution in [0.25, 0.3) is 21.9 Å².